The third-order valence-corrected chi connectivity index (χ3v) is 5.03. The monoisotopic (exact) mass is 444 g/mol. The number of rotatable bonds is 2. The first kappa shape index (κ1) is 17.8. The minimum Gasteiger partial charge on any atom is -0.444 e. The SMILES string of the molecule is O=C1CN(C(=O)c2ccc(Br)o2)C(c2ccccc2)c2ccc(Cl)cc2N1. The number of furan rings is 1. The van der Waals surface area contributed by atoms with Crippen LogP contribution < -0.4 is 5.32 Å². The largest absolute Gasteiger partial charge is 0.444 e. The second-order valence-corrected chi connectivity index (χ2v) is 7.35. The number of carbonyl (C=O) groups is 2. The van der Waals surface area contributed by atoms with Crippen molar-refractivity contribution in [3.05, 3.63) is 87.2 Å². The van der Waals surface area contributed by atoms with E-state index in [0.717, 1.165) is 11.1 Å². The summed E-state index contributed by atoms with van der Waals surface area (Å²) in [6.45, 7) is -0.108. The van der Waals surface area contributed by atoms with Crippen LogP contribution in [0.15, 0.2) is 69.8 Å². The number of fused-ring (bicyclic) bond motifs is 1. The molecule has 2 aromatic carbocycles. The van der Waals surface area contributed by atoms with Gasteiger partial charge in [-0.25, -0.2) is 0 Å². The molecule has 0 saturated carbocycles. The molecule has 5 nitrogen and oxygen atoms in total. The van der Waals surface area contributed by atoms with E-state index in [4.69, 9.17) is 16.0 Å². The summed E-state index contributed by atoms with van der Waals surface area (Å²) in [5.41, 5.74) is 2.27. The van der Waals surface area contributed by atoms with E-state index in [0.29, 0.717) is 15.4 Å². The summed E-state index contributed by atoms with van der Waals surface area (Å²) in [4.78, 5) is 27.2. The van der Waals surface area contributed by atoms with Gasteiger partial charge in [0.1, 0.15) is 6.54 Å². The molecule has 2 amide bonds. The van der Waals surface area contributed by atoms with E-state index in [9.17, 15) is 9.59 Å². The maximum atomic E-state index is 13.2. The van der Waals surface area contributed by atoms with Crippen molar-refractivity contribution in [2.75, 3.05) is 11.9 Å². The van der Waals surface area contributed by atoms with Crippen LogP contribution in [0.4, 0.5) is 5.69 Å². The van der Waals surface area contributed by atoms with Gasteiger partial charge in [0.15, 0.2) is 10.4 Å². The van der Waals surface area contributed by atoms with Crippen molar-refractivity contribution in [1.82, 2.24) is 4.90 Å². The fourth-order valence-corrected chi connectivity index (χ4v) is 3.71. The van der Waals surface area contributed by atoms with Gasteiger partial charge in [0, 0.05) is 16.3 Å². The number of amides is 2. The fraction of sp³-hybridized carbons (Fsp3) is 0.100. The minimum absolute atomic E-state index is 0.108. The minimum atomic E-state index is -0.464. The zero-order valence-corrected chi connectivity index (χ0v) is 16.3. The molecule has 0 fully saturated rings. The summed E-state index contributed by atoms with van der Waals surface area (Å²) in [6, 6.07) is 17.6. The highest BCUT2D eigenvalue weighted by Crippen LogP contribution is 2.37. The lowest BCUT2D eigenvalue weighted by atomic mass is 9.95. The van der Waals surface area contributed by atoms with E-state index in [-0.39, 0.29) is 24.1 Å². The average molecular weight is 446 g/mol. The van der Waals surface area contributed by atoms with E-state index >= 15 is 0 Å². The molecule has 7 heteroatoms. The molecule has 4 rings (SSSR count). The van der Waals surface area contributed by atoms with Crippen molar-refractivity contribution in [2.24, 2.45) is 0 Å². The Labute approximate surface area is 169 Å². The second-order valence-electron chi connectivity index (χ2n) is 6.13. The van der Waals surface area contributed by atoms with Gasteiger partial charge < -0.3 is 14.6 Å². The molecule has 0 saturated heterocycles. The Kier molecular flexibility index (Phi) is 4.76. The number of nitrogens with one attached hydrogen (secondary N) is 1. The number of nitrogens with zero attached hydrogens (tertiary/aromatic N) is 1. The zero-order chi connectivity index (χ0) is 19.0. The highest BCUT2D eigenvalue weighted by atomic mass is 79.9. The van der Waals surface area contributed by atoms with Crippen LogP contribution in [0.25, 0.3) is 0 Å². The molecule has 1 atom stereocenters. The molecule has 1 unspecified atom stereocenters. The van der Waals surface area contributed by atoms with Crippen LogP contribution in [0.5, 0.6) is 0 Å². The Bertz CT molecular complexity index is 1020. The molecule has 1 aliphatic rings. The number of anilines is 1. The molecule has 1 aliphatic heterocycles. The number of hydrogen-bond acceptors (Lipinski definition) is 3. The van der Waals surface area contributed by atoms with Crippen molar-refractivity contribution in [3.8, 4) is 0 Å². The summed E-state index contributed by atoms with van der Waals surface area (Å²) in [5.74, 6) is -0.503. The summed E-state index contributed by atoms with van der Waals surface area (Å²) in [5, 5.41) is 3.36. The van der Waals surface area contributed by atoms with Crippen LogP contribution in [0.3, 0.4) is 0 Å². The number of benzene rings is 2. The van der Waals surface area contributed by atoms with Crippen molar-refractivity contribution in [2.45, 2.75) is 6.04 Å². The Balaban J connectivity index is 1.88. The first-order chi connectivity index (χ1) is 13.0. The Morgan fingerprint density at radius 1 is 1.15 bits per heavy atom. The fourth-order valence-electron chi connectivity index (χ4n) is 3.23. The van der Waals surface area contributed by atoms with Crippen LogP contribution in [0.2, 0.25) is 5.02 Å². The van der Waals surface area contributed by atoms with Gasteiger partial charge in [-0.3, -0.25) is 9.59 Å². The average Bonchev–Trinajstić information content (AvgIpc) is 3.03. The quantitative estimate of drug-likeness (QED) is 0.611. The number of hydrogen-bond donors (Lipinski definition) is 1. The Hall–Kier alpha value is -2.57. The van der Waals surface area contributed by atoms with Gasteiger partial charge in [-0.05, 0) is 45.8 Å². The number of carbonyl (C=O) groups excluding carboxylic acids is 2. The van der Waals surface area contributed by atoms with Crippen molar-refractivity contribution < 1.29 is 14.0 Å². The van der Waals surface area contributed by atoms with Crippen LogP contribution in [-0.4, -0.2) is 23.3 Å². The normalized spacial score (nSPS) is 16.4. The predicted octanol–water partition coefficient (Wildman–Crippen LogP) is 4.88. The first-order valence-electron chi connectivity index (χ1n) is 8.23. The van der Waals surface area contributed by atoms with Crippen LogP contribution in [-0.2, 0) is 4.79 Å². The smallest absolute Gasteiger partial charge is 0.290 e. The lowest BCUT2D eigenvalue weighted by Gasteiger charge is -2.30. The maximum absolute atomic E-state index is 13.2. The third kappa shape index (κ3) is 3.50. The van der Waals surface area contributed by atoms with Crippen molar-refractivity contribution >= 4 is 45.0 Å². The Morgan fingerprint density at radius 3 is 2.63 bits per heavy atom. The van der Waals surface area contributed by atoms with E-state index in [1.54, 1.807) is 24.3 Å². The van der Waals surface area contributed by atoms with E-state index in [1.165, 1.54) is 4.90 Å². The van der Waals surface area contributed by atoms with E-state index in [1.807, 2.05) is 36.4 Å². The molecule has 1 aromatic heterocycles. The van der Waals surface area contributed by atoms with Crippen molar-refractivity contribution in [1.29, 1.82) is 0 Å². The molecule has 136 valence electrons. The number of halogens is 2. The third-order valence-electron chi connectivity index (χ3n) is 4.37. The molecular weight excluding hydrogens is 432 g/mol. The highest BCUT2D eigenvalue weighted by molar-refractivity contribution is 9.10. The molecule has 0 bridgehead atoms. The molecule has 1 N–H and O–H groups in total. The first-order valence-corrected chi connectivity index (χ1v) is 9.40. The molecule has 0 radical (unpaired) electrons. The van der Waals surface area contributed by atoms with E-state index < -0.39 is 6.04 Å². The van der Waals surface area contributed by atoms with Crippen molar-refractivity contribution in [3.63, 3.8) is 0 Å². The summed E-state index contributed by atoms with van der Waals surface area (Å²) < 4.78 is 5.89. The van der Waals surface area contributed by atoms with Crippen LogP contribution >= 0.6 is 27.5 Å². The standard InChI is InChI=1S/C20H14BrClN2O3/c21-17-9-8-16(27-17)20(26)24-11-18(25)23-15-10-13(22)6-7-14(15)19(24)12-4-2-1-3-5-12/h1-10,19H,11H2,(H,23,25). The lowest BCUT2D eigenvalue weighted by molar-refractivity contribution is -0.117. The molecule has 0 spiro atoms. The highest BCUT2D eigenvalue weighted by Gasteiger charge is 2.35. The second kappa shape index (κ2) is 7.21. The van der Waals surface area contributed by atoms with Gasteiger partial charge in [0.05, 0.1) is 6.04 Å². The van der Waals surface area contributed by atoms with E-state index in [2.05, 4.69) is 21.2 Å². The van der Waals surface area contributed by atoms with Crippen LogP contribution in [0, 0.1) is 0 Å². The summed E-state index contributed by atoms with van der Waals surface area (Å²) >= 11 is 9.33. The molecular formula is C20H14BrClN2O3. The van der Waals surface area contributed by atoms with Gasteiger partial charge in [-0.2, -0.15) is 0 Å². The lowest BCUT2D eigenvalue weighted by Crippen LogP contribution is -2.38. The predicted molar refractivity (Wildman–Crippen MR) is 106 cm³/mol. The van der Waals surface area contributed by atoms with Crippen LogP contribution in [0.1, 0.15) is 27.7 Å². The molecule has 27 heavy (non-hydrogen) atoms. The van der Waals surface area contributed by atoms with Gasteiger partial charge in [-0.15, -0.1) is 0 Å². The zero-order valence-electron chi connectivity index (χ0n) is 14.0. The summed E-state index contributed by atoms with van der Waals surface area (Å²) in [7, 11) is 0. The van der Waals surface area contributed by atoms with Gasteiger partial charge in [-0.1, -0.05) is 48.0 Å². The Morgan fingerprint density at radius 2 is 1.93 bits per heavy atom. The van der Waals surface area contributed by atoms with Gasteiger partial charge >= 0.3 is 0 Å². The maximum Gasteiger partial charge on any atom is 0.290 e. The van der Waals surface area contributed by atoms with Gasteiger partial charge in [0.2, 0.25) is 5.91 Å². The summed E-state index contributed by atoms with van der Waals surface area (Å²) in [6.07, 6.45) is 0. The molecule has 0 aliphatic carbocycles. The molecule has 2 heterocycles. The topological polar surface area (TPSA) is 62.6 Å². The molecule has 3 aromatic rings. The van der Waals surface area contributed by atoms with Gasteiger partial charge in [0.25, 0.3) is 5.91 Å².